The van der Waals surface area contributed by atoms with Crippen molar-refractivity contribution in [3.05, 3.63) is 9.89 Å². The van der Waals surface area contributed by atoms with Crippen molar-refractivity contribution in [3.63, 3.8) is 0 Å². The molecule has 0 aromatic heterocycles. The Morgan fingerprint density at radius 1 is 1.62 bits per heavy atom. The molecule has 0 aliphatic carbocycles. The largest absolute Gasteiger partial charge is 0.119 e. The molecule has 0 radical (unpaired) electrons. The van der Waals surface area contributed by atoms with Crippen LogP contribution in [0.3, 0.4) is 0 Å². The fourth-order valence-electron chi connectivity index (χ4n) is 0.357. The first-order valence-corrected chi connectivity index (χ1v) is 4.57. The van der Waals surface area contributed by atoms with Gasteiger partial charge in [-0.1, -0.05) is 19.9 Å². The van der Waals surface area contributed by atoms with Gasteiger partial charge in [-0.15, -0.1) is 11.8 Å². The van der Waals surface area contributed by atoms with Gasteiger partial charge < -0.3 is 0 Å². The topological polar surface area (TPSA) is 0 Å². The Labute approximate surface area is 63.9 Å². The van der Waals surface area contributed by atoms with Gasteiger partial charge in [0.1, 0.15) is 0 Å². The summed E-state index contributed by atoms with van der Waals surface area (Å²) in [6, 6.07) is 0. The lowest BCUT2D eigenvalue weighted by atomic mass is 10.5. The van der Waals surface area contributed by atoms with Gasteiger partial charge in [-0.2, -0.15) is 0 Å². The maximum absolute atomic E-state index is 3.42. The van der Waals surface area contributed by atoms with Gasteiger partial charge in [0.2, 0.25) is 0 Å². The monoisotopic (exact) mass is 194 g/mol. The highest BCUT2D eigenvalue weighted by molar-refractivity contribution is 9.14. The molecule has 0 heterocycles. The smallest absolute Gasteiger partial charge is 0.0462 e. The molecule has 0 saturated heterocycles. The Balaban J connectivity index is 3.29. The minimum Gasteiger partial charge on any atom is -0.119 e. The van der Waals surface area contributed by atoms with Crippen LogP contribution < -0.4 is 0 Å². The van der Waals surface area contributed by atoms with Crippen molar-refractivity contribution in [1.29, 1.82) is 0 Å². The molecule has 0 aromatic carbocycles. The normalized spacial score (nSPS) is 12.1. The van der Waals surface area contributed by atoms with Gasteiger partial charge in [0.05, 0.1) is 0 Å². The second kappa shape index (κ2) is 5.70. The Bertz CT molecular complexity index is 78.6. The van der Waals surface area contributed by atoms with E-state index in [1.54, 1.807) is 0 Å². The molecule has 0 spiro atoms. The van der Waals surface area contributed by atoms with Crippen LogP contribution in [0.4, 0.5) is 0 Å². The summed E-state index contributed by atoms with van der Waals surface area (Å²) in [5.74, 6) is 1.15. The van der Waals surface area contributed by atoms with E-state index in [0.29, 0.717) is 0 Å². The quantitative estimate of drug-likeness (QED) is 0.665. The Morgan fingerprint density at radius 2 is 2.25 bits per heavy atom. The fraction of sp³-hybridized carbons (Fsp3) is 0.667. The fourth-order valence-corrected chi connectivity index (χ4v) is 1.93. The van der Waals surface area contributed by atoms with Crippen molar-refractivity contribution in [2.24, 2.45) is 0 Å². The first kappa shape index (κ1) is 8.57. The van der Waals surface area contributed by atoms with Crippen molar-refractivity contribution < 1.29 is 0 Å². The van der Waals surface area contributed by atoms with E-state index in [9.17, 15) is 0 Å². The van der Waals surface area contributed by atoms with Gasteiger partial charge in [-0.25, -0.2) is 0 Å². The molecule has 0 nitrogen and oxygen atoms in total. The second-order valence-electron chi connectivity index (χ2n) is 1.35. The minimum atomic E-state index is 1.12. The highest BCUT2D eigenvalue weighted by Gasteiger charge is 1.84. The molecule has 0 bridgehead atoms. The average Bonchev–Trinajstić information content (AvgIpc) is 1.68. The lowest BCUT2D eigenvalue weighted by Gasteiger charge is -1.90. The number of hydrogen-bond acceptors (Lipinski definition) is 1. The van der Waals surface area contributed by atoms with E-state index in [4.69, 9.17) is 0 Å². The van der Waals surface area contributed by atoms with Gasteiger partial charge in [-0.3, -0.25) is 0 Å². The third-order valence-corrected chi connectivity index (χ3v) is 2.39. The molecule has 0 rings (SSSR count). The van der Waals surface area contributed by atoms with E-state index >= 15 is 0 Å². The van der Waals surface area contributed by atoms with Gasteiger partial charge in [-0.05, 0) is 28.1 Å². The first-order valence-electron chi connectivity index (χ1n) is 2.79. The van der Waals surface area contributed by atoms with E-state index in [2.05, 4.69) is 35.9 Å². The maximum Gasteiger partial charge on any atom is 0.0462 e. The van der Waals surface area contributed by atoms with Crippen LogP contribution in [0.25, 0.3) is 0 Å². The second-order valence-corrected chi connectivity index (χ2v) is 4.03. The van der Waals surface area contributed by atoms with Gasteiger partial charge in [0.15, 0.2) is 0 Å². The minimum absolute atomic E-state index is 1.12. The zero-order chi connectivity index (χ0) is 6.41. The zero-order valence-corrected chi connectivity index (χ0v) is 7.68. The maximum atomic E-state index is 3.42. The van der Waals surface area contributed by atoms with E-state index < -0.39 is 0 Å². The number of hydrogen-bond donors (Lipinski definition) is 0. The molecule has 0 fully saturated rings. The van der Waals surface area contributed by atoms with Crippen LogP contribution in [0.1, 0.15) is 20.3 Å². The molecule has 8 heavy (non-hydrogen) atoms. The van der Waals surface area contributed by atoms with E-state index in [1.807, 2.05) is 11.8 Å². The summed E-state index contributed by atoms with van der Waals surface area (Å²) in [4.78, 5) is 0. The summed E-state index contributed by atoms with van der Waals surface area (Å²) in [7, 11) is 0. The summed E-state index contributed by atoms with van der Waals surface area (Å²) < 4.78 is 1.27. The van der Waals surface area contributed by atoms with Crippen LogP contribution in [0.2, 0.25) is 0 Å². The van der Waals surface area contributed by atoms with Crippen LogP contribution in [0, 0.1) is 0 Å². The van der Waals surface area contributed by atoms with Crippen LogP contribution in [0.5, 0.6) is 0 Å². The summed E-state index contributed by atoms with van der Waals surface area (Å²) in [6.07, 6.45) is 3.29. The predicted octanol–water partition coefficient (Wildman–Crippen LogP) is 3.39. The van der Waals surface area contributed by atoms with Crippen molar-refractivity contribution in [3.8, 4) is 0 Å². The van der Waals surface area contributed by atoms with Crippen molar-refractivity contribution in [2.75, 3.05) is 5.75 Å². The van der Waals surface area contributed by atoms with Crippen LogP contribution in [-0.4, -0.2) is 5.75 Å². The average molecular weight is 195 g/mol. The van der Waals surface area contributed by atoms with Crippen molar-refractivity contribution in [2.45, 2.75) is 20.3 Å². The standard InChI is InChI=1S/C6H11BrS/c1-3-5-6(7)8-4-2/h5H,3-4H2,1-2H3/b6-5-. The summed E-state index contributed by atoms with van der Waals surface area (Å²) in [5.41, 5.74) is 0. The molecule has 0 aromatic rings. The zero-order valence-electron chi connectivity index (χ0n) is 5.28. The summed E-state index contributed by atoms with van der Waals surface area (Å²) in [5, 5.41) is 0. The number of thioether (sulfide) groups is 1. The Morgan fingerprint density at radius 3 is 2.62 bits per heavy atom. The third-order valence-electron chi connectivity index (χ3n) is 0.647. The summed E-state index contributed by atoms with van der Waals surface area (Å²) in [6.45, 7) is 4.28. The van der Waals surface area contributed by atoms with Gasteiger partial charge in [0, 0.05) is 3.81 Å². The first-order chi connectivity index (χ1) is 3.81. The highest BCUT2D eigenvalue weighted by atomic mass is 79.9. The molecular formula is C6H11BrS. The lowest BCUT2D eigenvalue weighted by Crippen LogP contribution is -1.64. The number of rotatable bonds is 3. The molecule has 0 atom stereocenters. The Hall–Kier alpha value is 0.570. The number of allylic oxidation sites excluding steroid dienone is 1. The third kappa shape index (κ3) is 4.72. The number of halogens is 1. The lowest BCUT2D eigenvalue weighted by molar-refractivity contribution is 1.23. The molecule has 0 N–H and O–H groups in total. The van der Waals surface area contributed by atoms with Crippen molar-refractivity contribution >= 4 is 27.7 Å². The molecule has 0 saturated carbocycles. The van der Waals surface area contributed by atoms with Crippen LogP contribution in [0.15, 0.2) is 9.89 Å². The molecular weight excluding hydrogens is 184 g/mol. The molecule has 0 aliphatic heterocycles. The SMILES string of the molecule is CC/C=C(/Br)SCC. The highest BCUT2D eigenvalue weighted by Crippen LogP contribution is 2.21. The Kier molecular flexibility index (Phi) is 6.11. The molecule has 2 heteroatoms. The van der Waals surface area contributed by atoms with Gasteiger partial charge >= 0.3 is 0 Å². The van der Waals surface area contributed by atoms with E-state index in [1.165, 1.54) is 3.81 Å². The molecule has 0 aliphatic rings. The van der Waals surface area contributed by atoms with Crippen LogP contribution in [-0.2, 0) is 0 Å². The molecule has 0 unspecified atom stereocenters. The molecule has 0 amide bonds. The van der Waals surface area contributed by atoms with Crippen LogP contribution >= 0.6 is 27.7 Å². The van der Waals surface area contributed by atoms with Crippen molar-refractivity contribution in [1.82, 2.24) is 0 Å². The predicted molar refractivity (Wildman–Crippen MR) is 45.4 cm³/mol. The van der Waals surface area contributed by atoms with E-state index in [-0.39, 0.29) is 0 Å². The van der Waals surface area contributed by atoms with Gasteiger partial charge in [0.25, 0.3) is 0 Å². The van der Waals surface area contributed by atoms with E-state index in [0.717, 1.165) is 12.2 Å². The molecule has 48 valence electrons. The summed E-state index contributed by atoms with van der Waals surface area (Å²) >= 11 is 5.26.